The molecule has 106 valence electrons. The third-order valence-electron chi connectivity index (χ3n) is 2.63. The minimum atomic E-state index is -0.450. The molecule has 0 heterocycles. The summed E-state index contributed by atoms with van der Waals surface area (Å²) in [6, 6.07) is 16.2. The minimum Gasteiger partial charge on any atom is -0.423 e. The van der Waals surface area contributed by atoms with E-state index in [1.165, 1.54) is 24.8 Å². The van der Waals surface area contributed by atoms with E-state index in [1.54, 1.807) is 29.7 Å². The lowest BCUT2D eigenvalue weighted by Gasteiger charge is -2.02. The zero-order chi connectivity index (χ0) is 15.1. The van der Waals surface area contributed by atoms with Gasteiger partial charge >= 0.3 is 5.97 Å². The number of hydrogen-bond acceptors (Lipinski definition) is 4. The second-order valence-corrected chi connectivity index (χ2v) is 5.21. The van der Waals surface area contributed by atoms with Crippen LogP contribution in [0.5, 0.6) is 5.75 Å². The van der Waals surface area contributed by atoms with Gasteiger partial charge < -0.3 is 4.74 Å². The van der Waals surface area contributed by atoms with Gasteiger partial charge in [-0.25, -0.2) is 4.79 Å². The Kier molecular flexibility index (Phi) is 5.35. The Morgan fingerprint density at radius 1 is 1.00 bits per heavy atom. The molecular formula is C17H14O3S. The van der Waals surface area contributed by atoms with Crippen molar-refractivity contribution in [2.75, 3.05) is 0 Å². The number of benzene rings is 2. The summed E-state index contributed by atoms with van der Waals surface area (Å²) < 4.78 is 5.14. The van der Waals surface area contributed by atoms with Crippen LogP contribution in [-0.4, -0.2) is 11.8 Å². The average molecular weight is 298 g/mol. The number of carbonyl (C=O) groups is 2. The highest BCUT2D eigenvalue weighted by atomic mass is 32.2. The molecule has 21 heavy (non-hydrogen) atoms. The van der Waals surface area contributed by atoms with E-state index in [0.29, 0.717) is 11.3 Å². The molecule has 0 bridgehead atoms. The molecule has 0 spiro atoms. The Balaban J connectivity index is 1.88. The SMILES string of the molecule is CC(=O)c1ccc(OC(=O)/C=C/Sc2ccccc2)cc1. The molecule has 0 atom stereocenters. The predicted molar refractivity (Wildman–Crippen MR) is 83.5 cm³/mol. The van der Waals surface area contributed by atoms with Crippen molar-refractivity contribution in [2.24, 2.45) is 0 Å². The second kappa shape index (κ2) is 7.45. The molecule has 0 radical (unpaired) electrons. The smallest absolute Gasteiger partial charge is 0.336 e. The van der Waals surface area contributed by atoms with Crippen LogP contribution in [-0.2, 0) is 4.79 Å². The minimum absolute atomic E-state index is 0.0213. The fourth-order valence-corrected chi connectivity index (χ4v) is 2.23. The number of carbonyl (C=O) groups excluding carboxylic acids is 2. The monoisotopic (exact) mass is 298 g/mol. The van der Waals surface area contributed by atoms with Crippen LogP contribution in [0.25, 0.3) is 0 Å². The van der Waals surface area contributed by atoms with Crippen LogP contribution in [0, 0.1) is 0 Å². The van der Waals surface area contributed by atoms with Crippen LogP contribution in [0.4, 0.5) is 0 Å². The van der Waals surface area contributed by atoms with E-state index >= 15 is 0 Å². The van der Waals surface area contributed by atoms with Crippen LogP contribution in [0.15, 0.2) is 71.0 Å². The van der Waals surface area contributed by atoms with Crippen molar-refractivity contribution in [2.45, 2.75) is 11.8 Å². The van der Waals surface area contributed by atoms with Gasteiger partial charge in [0.05, 0.1) is 0 Å². The third kappa shape index (κ3) is 4.93. The summed E-state index contributed by atoms with van der Waals surface area (Å²) in [4.78, 5) is 23.8. The van der Waals surface area contributed by atoms with Gasteiger partial charge in [0.15, 0.2) is 5.78 Å². The molecule has 0 aliphatic heterocycles. The fourth-order valence-electron chi connectivity index (χ4n) is 1.58. The van der Waals surface area contributed by atoms with Gasteiger partial charge in [0.25, 0.3) is 0 Å². The van der Waals surface area contributed by atoms with Crippen molar-refractivity contribution in [3.8, 4) is 5.75 Å². The van der Waals surface area contributed by atoms with Crippen molar-refractivity contribution in [3.63, 3.8) is 0 Å². The number of ether oxygens (including phenoxy) is 1. The maximum absolute atomic E-state index is 11.6. The van der Waals surface area contributed by atoms with Crippen molar-refractivity contribution < 1.29 is 14.3 Å². The fraction of sp³-hybridized carbons (Fsp3) is 0.0588. The highest BCUT2D eigenvalue weighted by Gasteiger charge is 2.02. The molecule has 3 nitrogen and oxygen atoms in total. The molecular weight excluding hydrogens is 284 g/mol. The molecule has 0 unspecified atom stereocenters. The van der Waals surface area contributed by atoms with Gasteiger partial charge in [0.2, 0.25) is 0 Å². The Bertz CT molecular complexity index is 645. The molecule has 0 aromatic heterocycles. The largest absolute Gasteiger partial charge is 0.423 e. The summed E-state index contributed by atoms with van der Waals surface area (Å²) in [7, 11) is 0. The molecule has 0 saturated heterocycles. The first-order valence-electron chi connectivity index (χ1n) is 6.36. The van der Waals surface area contributed by atoms with Crippen LogP contribution in [0.2, 0.25) is 0 Å². The van der Waals surface area contributed by atoms with Gasteiger partial charge in [0.1, 0.15) is 5.75 Å². The van der Waals surface area contributed by atoms with Crippen molar-refractivity contribution >= 4 is 23.5 Å². The van der Waals surface area contributed by atoms with Gasteiger partial charge in [-0.1, -0.05) is 30.0 Å². The summed E-state index contributed by atoms with van der Waals surface area (Å²) in [5, 5.41) is 1.68. The lowest BCUT2D eigenvalue weighted by atomic mass is 10.1. The van der Waals surface area contributed by atoms with E-state index < -0.39 is 5.97 Å². The molecule has 2 aromatic carbocycles. The summed E-state index contributed by atoms with van der Waals surface area (Å²) in [6.45, 7) is 1.49. The first-order valence-corrected chi connectivity index (χ1v) is 7.24. The molecule has 0 amide bonds. The van der Waals surface area contributed by atoms with Crippen LogP contribution >= 0.6 is 11.8 Å². The number of rotatable bonds is 5. The van der Waals surface area contributed by atoms with Gasteiger partial charge in [-0.3, -0.25) is 4.79 Å². The van der Waals surface area contributed by atoms with Crippen LogP contribution < -0.4 is 4.74 Å². The standard InChI is InChI=1S/C17H14O3S/c1-13(18)14-7-9-15(10-8-14)20-17(19)11-12-21-16-5-3-2-4-6-16/h2-12H,1H3/b12-11+. The lowest BCUT2D eigenvalue weighted by Crippen LogP contribution is -2.03. The summed E-state index contributed by atoms with van der Waals surface area (Å²) >= 11 is 1.44. The van der Waals surface area contributed by atoms with E-state index in [1.807, 2.05) is 30.3 Å². The highest BCUT2D eigenvalue weighted by Crippen LogP contribution is 2.18. The van der Waals surface area contributed by atoms with Gasteiger partial charge in [-0.05, 0) is 48.7 Å². The highest BCUT2D eigenvalue weighted by molar-refractivity contribution is 8.02. The third-order valence-corrected chi connectivity index (χ3v) is 3.45. The van der Waals surface area contributed by atoms with Crippen molar-refractivity contribution in [1.29, 1.82) is 0 Å². The summed E-state index contributed by atoms with van der Waals surface area (Å²) in [5.74, 6) is -0.0552. The Hall–Kier alpha value is -2.33. The topological polar surface area (TPSA) is 43.4 Å². The first kappa shape index (κ1) is 15.1. The zero-order valence-electron chi connectivity index (χ0n) is 11.5. The molecule has 0 fully saturated rings. The average Bonchev–Trinajstić information content (AvgIpc) is 2.49. The molecule has 0 saturated carbocycles. The molecule has 2 rings (SSSR count). The molecule has 0 aliphatic rings. The molecule has 0 aliphatic carbocycles. The van der Waals surface area contributed by atoms with Crippen LogP contribution in [0.1, 0.15) is 17.3 Å². The lowest BCUT2D eigenvalue weighted by molar-refractivity contribution is -0.128. The van der Waals surface area contributed by atoms with Gasteiger partial charge in [-0.15, -0.1) is 0 Å². The number of Topliss-reactive ketones (excluding diaryl/α,β-unsaturated/α-hetero) is 1. The van der Waals surface area contributed by atoms with E-state index in [4.69, 9.17) is 4.74 Å². The maximum atomic E-state index is 11.6. The van der Waals surface area contributed by atoms with Crippen molar-refractivity contribution in [1.82, 2.24) is 0 Å². The number of esters is 1. The normalized spacial score (nSPS) is 10.5. The quantitative estimate of drug-likeness (QED) is 0.274. The maximum Gasteiger partial charge on any atom is 0.336 e. The Morgan fingerprint density at radius 3 is 2.29 bits per heavy atom. The Morgan fingerprint density at radius 2 is 1.67 bits per heavy atom. The van der Waals surface area contributed by atoms with E-state index in [0.717, 1.165) is 4.90 Å². The molecule has 4 heteroatoms. The molecule has 2 aromatic rings. The number of hydrogen-bond donors (Lipinski definition) is 0. The first-order chi connectivity index (χ1) is 10.1. The number of ketones is 1. The summed E-state index contributed by atoms with van der Waals surface area (Å²) in [5.41, 5.74) is 0.588. The van der Waals surface area contributed by atoms with E-state index in [9.17, 15) is 9.59 Å². The van der Waals surface area contributed by atoms with E-state index in [-0.39, 0.29) is 5.78 Å². The van der Waals surface area contributed by atoms with Gasteiger partial charge in [-0.2, -0.15) is 0 Å². The van der Waals surface area contributed by atoms with Crippen LogP contribution in [0.3, 0.4) is 0 Å². The zero-order valence-corrected chi connectivity index (χ0v) is 12.3. The van der Waals surface area contributed by atoms with E-state index in [2.05, 4.69) is 0 Å². The predicted octanol–water partition coefficient (Wildman–Crippen LogP) is 4.10. The van der Waals surface area contributed by atoms with Crippen molar-refractivity contribution in [3.05, 3.63) is 71.6 Å². The Labute approximate surface area is 127 Å². The second-order valence-electron chi connectivity index (χ2n) is 4.24. The molecule has 0 N–H and O–H groups in total. The van der Waals surface area contributed by atoms with Gasteiger partial charge in [0, 0.05) is 16.5 Å². The summed E-state index contributed by atoms with van der Waals surface area (Å²) in [6.07, 6.45) is 1.37. The number of thioether (sulfide) groups is 1.